The van der Waals surface area contributed by atoms with Gasteiger partial charge in [-0.15, -0.1) is 0 Å². The third-order valence-corrected chi connectivity index (χ3v) is 0.289. The van der Waals surface area contributed by atoms with E-state index < -0.39 is 0 Å². The van der Waals surface area contributed by atoms with Gasteiger partial charge in [0.2, 0.25) is 0 Å². The topological polar surface area (TPSA) is 68.3 Å². The Morgan fingerprint density at radius 3 is 0.667 bits per heavy atom. The molecule has 0 heterocycles. The van der Waals surface area contributed by atoms with Crippen molar-refractivity contribution in [1.29, 1.82) is 0 Å². The van der Waals surface area contributed by atoms with E-state index in [0.29, 0.717) is 0 Å². The van der Waals surface area contributed by atoms with Crippen molar-refractivity contribution in [2.45, 2.75) is 12.8 Å². The van der Waals surface area contributed by atoms with Crippen LogP contribution in [-0.4, -0.2) is 25.1 Å². The van der Waals surface area contributed by atoms with Crippen molar-refractivity contribution >= 4 is 25.1 Å². The largest absolute Gasteiger partial charge is 0.544 e. The molecule has 0 aliphatic heterocycles. The van der Waals surface area contributed by atoms with Crippen LogP contribution >= 0.6 is 0 Å². The molecule has 0 saturated carbocycles. The molecule has 0 amide bonds. The van der Waals surface area contributed by atoms with E-state index in [-0.39, 0.29) is 111 Å². The van der Waals surface area contributed by atoms with Crippen molar-refractivity contribution < 1.29 is 117 Å². The second-order valence-corrected chi connectivity index (χ2v) is 0.931. The van der Waals surface area contributed by atoms with Crippen LogP contribution in [0.15, 0.2) is 0 Å². The number of rotatable bonds is 4. The maximum absolute atomic E-state index is 9.02. The Morgan fingerprint density at radius 2 is 0.667 bits per heavy atom. The van der Waals surface area contributed by atoms with Crippen LogP contribution in [0.25, 0.3) is 0 Å². The molecule has 4 nitrogen and oxygen atoms in total. The van der Waals surface area contributed by atoms with E-state index in [2.05, 4.69) is 0 Å². The van der Waals surface area contributed by atoms with E-state index in [9.17, 15) is 0 Å². The summed E-state index contributed by atoms with van der Waals surface area (Å²) in [4.78, 5) is 36.1. The normalized spacial score (nSPS) is 4.27. The fourth-order valence-electron chi connectivity index (χ4n) is 0.0589. The molecule has 0 aliphatic rings. The predicted molar refractivity (Wildman–Crippen MR) is 32.0 cm³/mol. The van der Waals surface area contributed by atoms with Crippen LogP contribution < -0.4 is 0 Å². The Bertz CT molecular complexity index is 99.7. The van der Waals surface area contributed by atoms with Gasteiger partial charge in [0.25, 0.3) is 0 Å². The Balaban J connectivity index is -0.0000000128. The Morgan fingerprint density at radius 1 is 0.533 bits per heavy atom. The summed E-state index contributed by atoms with van der Waals surface area (Å²) in [5.41, 5.74) is 0. The fraction of sp³-hybridized carbons (Fsp3) is 0.333. The first-order valence-electron chi connectivity index (χ1n) is 2.23. The molecule has 0 saturated heterocycles. The summed E-state index contributed by atoms with van der Waals surface area (Å²) in [5, 5.41) is 0. The molecule has 9 heteroatoms. The van der Waals surface area contributed by atoms with Gasteiger partial charge in [0, 0.05) is 98.2 Å². The summed E-state index contributed by atoms with van der Waals surface area (Å²) >= 11 is 0. The molecule has 4 radical (unpaired) electrons. The summed E-state index contributed by atoms with van der Waals surface area (Å²) in [7, 11) is 0. The predicted octanol–water partition coefficient (Wildman–Crippen LogP) is -0.821. The zero-order valence-electron chi connectivity index (χ0n) is 6.88. The van der Waals surface area contributed by atoms with E-state index in [1.807, 2.05) is 0 Å². The van der Waals surface area contributed by atoms with Gasteiger partial charge in [-0.05, 0) is 0 Å². The molecule has 0 bridgehead atoms. The van der Waals surface area contributed by atoms with Crippen molar-refractivity contribution in [3.8, 4) is 0 Å². The minimum absolute atomic E-state index is 0. The van der Waals surface area contributed by atoms with Gasteiger partial charge in [0.1, 0.15) is 0 Å². The summed E-state index contributed by atoms with van der Waals surface area (Å²) in [5.74, 6) is 0. The van der Waals surface area contributed by atoms with Gasteiger partial charge in [-0.1, -0.05) is 0 Å². The standard InChI is InChI=1S/2C3H2O2.Ni.4Re/c2*4-2-1-3-5;;;;;/h2*1H2;;;;;/q2*-2;;;;;. The quantitative estimate of drug-likeness (QED) is 0.210. The third-order valence-electron chi connectivity index (χ3n) is 0.289. The maximum atomic E-state index is 9.02. The molecular formula is C6H4NiO4Re4-4. The van der Waals surface area contributed by atoms with Crippen molar-refractivity contribution in [3.05, 3.63) is 0 Å². The number of hydrogen-bond donors (Lipinski definition) is 0. The molecule has 0 aromatic heterocycles. The van der Waals surface area contributed by atoms with E-state index in [1.54, 1.807) is 0 Å². The molecule has 0 fully saturated rings. The van der Waals surface area contributed by atoms with Crippen LogP contribution in [0.5, 0.6) is 0 Å². The van der Waals surface area contributed by atoms with E-state index >= 15 is 0 Å². The average molecular weight is 944 g/mol. The molecule has 0 atom stereocenters. The first-order valence-corrected chi connectivity index (χ1v) is 2.23. The van der Waals surface area contributed by atoms with E-state index in [4.69, 9.17) is 19.2 Å². The van der Waals surface area contributed by atoms with Crippen LogP contribution in [0.3, 0.4) is 0 Å². The Hall–Kier alpha value is 1.82. The third kappa shape index (κ3) is 89.2. The van der Waals surface area contributed by atoms with Crippen molar-refractivity contribution in [1.82, 2.24) is 0 Å². The van der Waals surface area contributed by atoms with Crippen LogP contribution in [0.2, 0.25) is 0 Å². The minimum Gasteiger partial charge on any atom is -0.544 e. The Kier molecular flexibility index (Phi) is 165. The molecule has 0 aromatic rings. The van der Waals surface area contributed by atoms with Gasteiger partial charge < -0.3 is 19.2 Å². The molecule has 0 N–H and O–H groups in total. The zero-order chi connectivity index (χ0) is 8.24. The number of hydrogen-bond acceptors (Lipinski definition) is 4. The molecular weight excluding hydrogens is 940 g/mol. The first kappa shape index (κ1) is 43.7. The minimum atomic E-state index is -0.222. The molecule has 15 heavy (non-hydrogen) atoms. The van der Waals surface area contributed by atoms with Gasteiger partial charge in [0.05, 0.1) is 0 Å². The Labute approximate surface area is 153 Å². The van der Waals surface area contributed by atoms with Crippen LogP contribution in [-0.2, 0) is 117 Å². The van der Waals surface area contributed by atoms with Gasteiger partial charge in [-0.3, -0.25) is 38.0 Å². The average Bonchev–Trinajstić information content (AvgIpc) is 1.93. The van der Waals surface area contributed by atoms with Gasteiger partial charge in [-0.2, -0.15) is 0 Å². The van der Waals surface area contributed by atoms with E-state index in [1.165, 1.54) is 25.1 Å². The number of carbonyl (C=O) groups excluding carboxylic acids is 4. The molecule has 0 unspecified atom stereocenters. The molecule has 0 rings (SSSR count). The molecule has 0 spiro atoms. The van der Waals surface area contributed by atoms with Crippen LogP contribution in [0.1, 0.15) is 12.8 Å². The monoisotopic (exact) mass is 946 g/mol. The maximum Gasteiger partial charge on any atom is 0 e. The summed E-state index contributed by atoms with van der Waals surface area (Å²) in [6.07, 6.45) is 4.93. The first-order chi connectivity index (χ1) is 4.83. The van der Waals surface area contributed by atoms with E-state index in [0.717, 1.165) is 0 Å². The smallest absolute Gasteiger partial charge is 0 e. The van der Waals surface area contributed by atoms with Crippen molar-refractivity contribution in [2.75, 3.05) is 0 Å². The van der Waals surface area contributed by atoms with Gasteiger partial charge >= 0.3 is 0 Å². The van der Waals surface area contributed by atoms with Crippen LogP contribution in [0, 0.1) is 0 Å². The molecule has 0 aliphatic carbocycles. The van der Waals surface area contributed by atoms with Crippen molar-refractivity contribution in [2.24, 2.45) is 0 Å². The van der Waals surface area contributed by atoms with Gasteiger partial charge in [-0.25, -0.2) is 0 Å². The second-order valence-electron chi connectivity index (χ2n) is 0.931. The summed E-state index contributed by atoms with van der Waals surface area (Å²) in [6.45, 7) is 0. The van der Waals surface area contributed by atoms with Crippen molar-refractivity contribution in [3.63, 3.8) is 0 Å². The SMILES string of the molecule is O=[C-]C[C-]=O.O=[C-]C[C-]=O.[Ni].[Re].[Re].[Re].[Re]. The van der Waals surface area contributed by atoms with Gasteiger partial charge in [0.15, 0.2) is 0 Å². The summed E-state index contributed by atoms with van der Waals surface area (Å²) in [6, 6.07) is 0. The zero-order valence-corrected chi connectivity index (χ0v) is 18.7. The fourth-order valence-corrected chi connectivity index (χ4v) is 0.0589. The van der Waals surface area contributed by atoms with Crippen LogP contribution in [0.4, 0.5) is 0 Å². The molecule has 0 aromatic carbocycles. The second kappa shape index (κ2) is 56.8. The summed E-state index contributed by atoms with van der Waals surface area (Å²) < 4.78 is 0. The molecule has 94 valence electrons.